The zero-order valence-corrected chi connectivity index (χ0v) is 11.3. The van der Waals surface area contributed by atoms with Crippen LogP contribution in [0.15, 0.2) is 24.3 Å². The summed E-state index contributed by atoms with van der Waals surface area (Å²) in [6.07, 6.45) is 1.71. The van der Waals surface area contributed by atoms with Gasteiger partial charge >= 0.3 is 0 Å². The van der Waals surface area contributed by atoms with E-state index in [1.54, 1.807) is 18.2 Å². The molecule has 0 aliphatic carbocycles. The fourth-order valence-electron chi connectivity index (χ4n) is 1.66. The SMILES string of the molecule is CCCc1nc(COc2ccccc2F)sc1C#N. The average molecular weight is 276 g/mol. The standard InChI is InChI=1S/C14H13FN2OS/c1-2-5-11-13(8-16)19-14(17-11)9-18-12-7-4-3-6-10(12)15/h3-4,6-7H,2,5,9H2,1H3. The molecule has 3 nitrogen and oxygen atoms in total. The summed E-state index contributed by atoms with van der Waals surface area (Å²) in [5.41, 5.74) is 0.808. The molecule has 98 valence electrons. The Balaban J connectivity index is 2.08. The summed E-state index contributed by atoms with van der Waals surface area (Å²) < 4.78 is 18.7. The Labute approximate surface area is 115 Å². The van der Waals surface area contributed by atoms with Crippen molar-refractivity contribution in [2.45, 2.75) is 26.4 Å². The van der Waals surface area contributed by atoms with Gasteiger partial charge in [0.15, 0.2) is 11.6 Å². The third kappa shape index (κ3) is 3.30. The molecule has 0 aliphatic heterocycles. The van der Waals surface area contributed by atoms with Gasteiger partial charge in [0.2, 0.25) is 0 Å². The summed E-state index contributed by atoms with van der Waals surface area (Å²) >= 11 is 1.30. The zero-order chi connectivity index (χ0) is 13.7. The maximum atomic E-state index is 13.4. The molecule has 0 unspecified atom stereocenters. The lowest BCUT2D eigenvalue weighted by Gasteiger charge is -2.04. The Hall–Kier alpha value is -1.93. The number of ether oxygens (including phenoxy) is 1. The monoisotopic (exact) mass is 276 g/mol. The fraction of sp³-hybridized carbons (Fsp3) is 0.286. The number of nitriles is 1. The van der Waals surface area contributed by atoms with E-state index in [2.05, 4.69) is 11.1 Å². The van der Waals surface area contributed by atoms with E-state index in [9.17, 15) is 4.39 Å². The van der Waals surface area contributed by atoms with Gasteiger partial charge < -0.3 is 4.74 Å². The second-order valence-electron chi connectivity index (χ2n) is 3.96. The zero-order valence-electron chi connectivity index (χ0n) is 10.5. The number of hydrogen-bond donors (Lipinski definition) is 0. The molecular weight excluding hydrogens is 263 g/mol. The molecule has 0 spiro atoms. The second kappa shape index (κ2) is 6.30. The van der Waals surface area contributed by atoms with Crippen LogP contribution in [0.4, 0.5) is 4.39 Å². The predicted molar refractivity (Wildman–Crippen MR) is 71.6 cm³/mol. The van der Waals surface area contributed by atoms with E-state index in [0.717, 1.165) is 18.5 Å². The first-order chi connectivity index (χ1) is 9.24. The van der Waals surface area contributed by atoms with Crippen molar-refractivity contribution in [3.63, 3.8) is 0 Å². The van der Waals surface area contributed by atoms with Crippen LogP contribution in [-0.4, -0.2) is 4.98 Å². The van der Waals surface area contributed by atoms with E-state index in [0.29, 0.717) is 9.88 Å². The van der Waals surface area contributed by atoms with Crippen molar-refractivity contribution >= 4 is 11.3 Å². The first kappa shape index (κ1) is 13.5. The molecule has 0 atom stereocenters. The van der Waals surface area contributed by atoms with Gasteiger partial charge in [0.05, 0.1) is 5.69 Å². The molecule has 0 saturated carbocycles. The quantitative estimate of drug-likeness (QED) is 0.836. The number of halogens is 1. The third-order valence-electron chi connectivity index (χ3n) is 2.52. The Morgan fingerprint density at radius 2 is 2.21 bits per heavy atom. The maximum Gasteiger partial charge on any atom is 0.165 e. The molecule has 0 amide bonds. The van der Waals surface area contributed by atoms with Crippen LogP contribution < -0.4 is 4.74 Å². The molecule has 19 heavy (non-hydrogen) atoms. The number of benzene rings is 1. The molecule has 0 fully saturated rings. The van der Waals surface area contributed by atoms with Gasteiger partial charge in [-0.05, 0) is 18.6 Å². The molecule has 0 aliphatic rings. The van der Waals surface area contributed by atoms with Gasteiger partial charge in [-0.1, -0.05) is 25.5 Å². The smallest absolute Gasteiger partial charge is 0.165 e. The molecule has 2 rings (SSSR count). The lowest BCUT2D eigenvalue weighted by atomic mass is 10.2. The third-order valence-corrected chi connectivity index (χ3v) is 3.49. The first-order valence-electron chi connectivity index (χ1n) is 6.00. The van der Waals surface area contributed by atoms with Crippen molar-refractivity contribution in [1.29, 1.82) is 5.26 Å². The molecule has 2 aromatic rings. The number of rotatable bonds is 5. The summed E-state index contributed by atoms with van der Waals surface area (Å²) in [5.74, 6) is -0.193. The molecule has 0 bridgehead atoms. The summed E-state index contributed by atoms with van der Waals surface area (Å²) in [5, 5.41) is 9.70. The van der Waals surface area contributed by atoms with Gasteiger partial charge in [-0.3, -0.25) is 0 Å². The van der Waals surface area contributed by atoms with Gasteiger partial charge in [0, 0.05) is 0 Å². The Kier molecular flexibility index (Phi) is 4.48. The summed E-state index contributed by atoms with van der Waals surface area (Å²) in [7, 11) is 0. The largest absolute Gasteiger partial charge is 0.483 e. The molecule has 5 heteroatoms. The van der Waals surface area contributed by atoms with Gasteiger partial charge in [-0.2, -0.15) is 5.26 Å². The van der Waals surface area contributed by atoms with Gasteiger partial charge in [0.25, 0.3) is 0 Å². The first-order valence-corrected chi connectivity index (χ1v) is 6.82. The van der Waals surface area contributed by atoms with Crippen LogP contribution in [0.25, 0.3) is 0 Å². The van der Waals surface area contributed by atoms with Crippen molar-refractivity contribution < 1.29 is 9.13 Å². The lowest BCUT2D eigenvalue weighted by molar-refractivity contribution is 0.289. The predicted octanol–water partition coefficient (Wildman–Crippen LogP) is 3.69. The van der Waals surface area contributed by atoms with E-state index >= 15 is 0 Å². The minimum atomic E-state index is -0.395. The van der Waals surface area contributed by atoms with E-state index in [-0.39, 0.29) is 12.4 Å². The van der Waals surface area contributed by atoms with Crippen LogP contribution in [0, 0.1) is 17.1 Å². The summed E-state index contributed by atoms with van der Waals surface area (Å²) in [6.45, 7) is 2.22. The average Bonchev–Trinajstić information content (AvgIpc) is 2.81. The van der Waals surface area contributed by atoms with E-state index in [1.807, 2.05) is 6.92 Å². The number of aryl methyl sites for hydroxylation is 1. The highest BCUT2D eigenvalue weighted by Crippen LogP contribution is 2.22. The molecule has 0 radical (unpaired) electrons. The van der Waals surface area contributed by atoms with Gasteiger partial charge in [-0.15, -0.1) is 11.3 Å². The van der Waals surface area contributed by atoms with Crippen molar-refractivity contribution in [3.8, 4) is 11.8 Å². The highest BCUT2D eigenvalue weighted by molar-refractivity contribution is 7.12. The molecule has 1 heterocycles. The number of nitrogens with zero attached hydrogens (tertiary/aromatic N) is 2. The van der Waals surface area contributed by atoms with Crippen molar-refractivity contribution in [1.82, 2.24) is 4.98 Å². The highest BCUT2D eigenvalue weighted by Gasteiger charge is 2.11. The Morgan fingerprint density at radius 1 is 1.42 bits per heavy atom. The number of para-hydroxylation sites is 1. The summed E-state index contributed by atoms with van der Waals surface area (Å²) in [6, 6.07) is 8.38. The van der Waals surface area contributed by atoms with Crippen LogP contribution in [0.3, 0.4) is 0 Å². The maximum absolute atomic E-state index is 13.4. The number of aromatic nitrogens is 1. The van der Waals surface area contributed by atoms with E-state index in [4.69, 9.17) is 10.00 Å². The minimum Gasteiger partial charge on any atom is -0.483 e. The van der Waals surface area contributed by atoms with Crippen LogP contribution in [0.1, 0.15) is 28.9 Å². The summed E-state index contributed by atoms with van der Waals surface area (Å²) in [4.78, 5) is 4.98. The van der Waals surface area contributed by atoms with Crippen LogP contribution in [0.2, 0.25) is 0 Å². The van der Waals surface area contributed by atoms with Crippen LogP contribution in [0.5, 0.6) is 5.75 Å². The highest BCUT2D eigenvalue weighted by atomic mass is 32.1. The van der Waals surface area contributed by atoms with Gasteiger partial charge in [0.1, 0.15) is 22.6 Å². The molecular formula is C14H13FN2OS. The molecule has 0 saturated heterocycles. The fourth-order valence-corrected chi connectivity index (χ4v) is 2.48. The van der Waals surface area contributed by atoms with Crippen LogP contribution >= 0.6 is 11.3 Å². The van der Waals surface area contributed by atoms with Crippen molar-refractivity contribution in [2.24, 2.45) is 0 Å². The van der Waals surface area contributed by atoms with E-state index in [1.165, 1.54) is 17.4 Å². The molecule has 1 aromatic heterocycles. The Morgan fingerprint density at radius 3 is 2.89 bits per heavy atom. The van der Waals surface area contributed by atoms with E-state index < -0.39 is 5.82 Å². The normalized spacial score (nSPS) is 10.2. The number of hydrogen-bond acceptors (Lipinski definition) is 4. The lowest BCUT2D eigenvalue weighted by Crippen LogP contribution is -1.97. The molecule has 0 N–H and O–H groups in total. The van der Waals surface area contributed by atoms with Crippen molar-refractivity contribution in [2.75, 3.05) is 0 Å². The van der Waals surface area contributed by atoms with Crippen LogP contribution in [-0.2, 0) is 13.0 Å². The second-order valence-corrected chi connectivity index (χ2v) is 5.05. The minimum absolute atomic E-state index is 0.185. The Bertz CT molecular complexity index is 604. The molecule has 1 aromatic carbocycles. The van der Waals surface area contributed by atoms with Crippen molar-refractivity contribution in [3.05, 3.63) is 45.7 Å². The van der Waals surface area contributed by atoms with Gasteiger partial charge in [-0.25, -0.2) is 9.37 Å². The number of thiazole rings is 1. The topological polar surface area (TPSA) is 45.9 Å².